The van der Waals surface area contributed by atoms with E-state index in [2.05, 4.69) is 0 Å². The number of aliphatic carboxylic acids is 3. The zero-order chi connectivity index (χ0) is 15.7. The van der Waals surface area contributed by atoms with Crippen LogP contribution < -0.4 is 0 Å². The van der Waals surface area contributed by atoms with Gasteiger partial charge in [0.1, 0.15) is 0 Å². The molecule has 0 fully saturated rings. The van der Waals surface area contributed by atoms with Gasteiger partial charge in [-0.3, -0.25) is 14.4 Å². The molecule has 0 atom stereocenters. The van der Waals surface area contributed by atoms with Gasteiger partial charge in [-0.25, -0.2) is 0 Å². The van der Waals surface area contributed by atoms with Crippen molar-refractivity contribution in [3.63, 3.8) is 0 Å². The van der Waals surface area contributed by atoms with Crippen LogP contribution in [0.3, 0.4) is 0 Å². The average molecular weight is 278 g/mol. The third-order valence-corrected chi connectivity index (χ3v) is 1.67. The van der Waals surface area contributed by atoms with Crippen molar-refractivity contribution in [2.24, 2.45) is 0 Å². The molecule has 19 heavy (non-hydrogen) atoms. The molecule has 0 radical (unpaired) electrons. The van der Waals surface area contributed by atoms with Crippen molar-refractivity contribution in [1.29, 1.82) is 0 Å². The Morgan fingerprint density at radius 2 is 0.947 bits per heavy atom. The molecule has 0 rings (SSSR count). The Morgan fingerprint density at radius 1 is 0.632 bits per heavy atom. The number of unbranched alkanes of at least 4 members (excludes halogenated alkanes) is 1. The fourth-order valence-electron chi connectivity index (χ4n) is 0.756. The highest BCUT2D eigenvalue weighted by atomic mass is 16.4. The highest BCUT2D eigenvalue weighted by molar-refractivity contribution is 5.67. The number of hydrogen-bond acceptors (Lipinski definition) is 3. The van der Waals surface area contributed by atoms with E-state index >= 15 is 0 Å². The van der Waals surface area contributed by atoms with E-state index in [0.29, 0.717) is 19.3 Å². The minimum absolute atomic E-state index is 0.292. The second kappa shape index (κ2) is 18.8. The van der Waals surface area contributed by atoms with E-state index in [0.717, 1.165) is 25.7 Å². The van der Waals surface area contributed by atoms with Crippen molar-refractivity contribution < 1.29 is 29.7 Å². The lowest BCUT2D eigenvalue weighted by atomic mass is 10.3. The van der Waals surface area contributed by atoms with Gasteiger partial charge in [-0.1, -0.05) is 27.2 Å². The van der Waals surface area contributed by atoms with Gasteiger partial charge in [0.05, 0.1) is 0 Å². The quantitative estimate of drug-likeness (QED) is 0.660. The third kappa shape index (κ3) is 48.2. The van der Waals surface area contributed by atoms with Gasteiger partial charge in [0.2, 0.25) is 0 Å². The van der Waals surface area contributed by atoms with E-state index in [4.69, 9.17) is 15.3 Å². The lowest BCUT2D eigenvalue weighted by molar-refractivity contribution is -0.138. The normalized spacial score (nSPS) is 8.37. The molecule has 0 aliphatic rings. The van der Waals surface area contributed by atoms with Crippen molar-refractivity contribution in [1.82, 2.24) is 0 Å². The zero-order valence-corrected chi connectivity index (χ0v) is 12.0. The summed E-state index contributed by atoms with van der Waals surface area (Å²) in [6.45, 7) is 5.66. The molecular weight excluding hydrogens is 252 g/mol. The molecule has 0 aliphatic heterocycles. The molecule has 0 aliphatic carbocycles. The van der Waals surface area contributed by atoms with Gasteiger partial charge in [-0.05, 0) is 19.3 Å². The van der Waals surface area contributed by atoms with Gasteiger partial charge in [0.25, 0.3) is 0 Å². The number of carboxylic acid groups (broad SMARTS) is 3. The molecule has 6 nitrogen and oxygen atoms in total. The monoisotopic (exact) mass is 278 g/mol. The fraction of sp³-hybridized carbons (Fsp3) is 0.769. The molecule has 0 bridgehead atoms. The van der Waals surface area contributed by atoms with Crippen molar-refractivity contribution >= 4 is 17.9 Å². The van der Waals surface area contributed by atoms with Crippen LogP contribution in [0.4, 0.5) is 0 Å². The predicted molar refractivity (Wildman–Crippen MR) is 72.2 cm³/mol. The van der Waals surface area contributed by atoms with Gasteiger partial charge in [0.15, 0.2) is 0 Å². The lowest BCUT2D eigenvalue weighted by Gasteiger charge is -1.85. The number of carboxylic acids is 3. The smallest absolute Gasteiger partial charge is 0.303 e. The Hall–Kier alpha value is -1.59. The Labute approximate surface area is 114 Å². The van der Waals surface area contributed by atoms with Gasteiger partial charge in [-0.2, -0.15) is 0 Å². The van der Waals surface area contributed by atoms with E-state index in [-0.39, 0.29) is 0 Å². The molecule has 0 aromatic rings. The van der Waals surface area contributed by atoms with E-state index in [1.54, 1.807) is 0 Å². The van der Waals surface area contributed by atoms with Crippen molar-refractivity contribution in [2.45, 2.75) is 65.7 Å². The van der Waals surface area contributed by atoms with Crippen LogP contribution in [0.15, 0.2) is 0 Å². The molecular formula is C13H26O6. The molecule has 0 spiro atoms. The van der Waals surface area contributed by atoms with Crippen molar-refractivity contribution in [3.8, 4) is 0 Å². The van der Waals surface area contributed by atoms with Crippen molar-refractivity contribution in [2.75, 3.05) is 0 Å². The standard InChI is InChI=1S/C5H10O2.2C4H8O2/c1-2-3-4-5(6)7;2*1-2-3-4(5)6/h2-4H2,1H3,(H,6,7);2*2-3H2,1H3,(H,5,6). The number of hydrogen-bond donors (Lipinski definition) is 3. The van der Waals surface area contributed by atoms with Crippen LogP contribution in [0.2, 0.25) is 0 Å². The maximum atomic E-state index is 9.76. The van der Waals surface area contributed by atoms with Gasteiger partial charge in [0, 0.05) is 19.3 Å². The van der Waals surface area contributed by atoms with Crippen LogP contribution in [-0.4, -0.2) is 33.2 Å². The van der Waals surface area contributed by atoms with Crippen LogP contribution in [0, 0.1) is 0 Å². The second-order valence-electron chi connectivity index (χ2n) is 3.78. The Bertz CT molecular complexity index is 221. The molecule has 0 amide bonds. The maximum Gasteiger partial charge on any atom is 0.303 e. The van der Waals surface area contributed by atoms with Crippen LogP contribution in [-0.2, 0) is 14.4 Å². The average Bonchev–Trinajstić information content (AvgIpc) is 2.27. The summed E-state index contributed by atoms with van der Waals surface area (Å²) >= 11 is 0. The van der Waals surface area contributed by atoms with Crippen molar-refractivity contribution in [3.05, 3.63) is 0 Å². The van der Waals surface area contributed by atoms with Crippen LogP contribution >= 0.6 is 0 Å². The predicted octanol–water partition coefficient (Wildman–Crippen LogP) is 3.00. The van der Waals surface area contributed by atoms with E-state index in [1.165, 1.54) is 0 Å². The summed E-state index contributed by atoms with van der Waals surface area (Å²) in [4.78, 5) is 29.0. The van der Waals surface area contributed by atoms with Gasteiger partial charge >= 0.3 is 17.9 Å². The second-order valence-corrected chi connectivity index (χ2v) is 3.78. The molecule has 0 saturated heterocycles. The summed E-state index contributed by atoms with van der Waals surface area (Å²) in [6.07, 6.45) is 4.13. The molecule has 0 aromatic heterocycles. The Kier molecular flexibility index (Phi) is 22.3. The SMILES string of the molecule is CCCC(=O)O.CCCC(=O)O.CCCCC(=O)O. The Balaban J connectivity index is -0.000000203. The van der Waals surface area contributed by atoms with Crippen LogP contribution in [0.25, 0.3) is 0 Å². The first-order valence-corrected chi connectivity index (χ1v) is 6.47. The summed E-state index contributed by atoms with van der Waals surface area (Å²) in [5.74, 6) is -2.11. The fourth-order valence-corrected chi connectivity index (χ4v) is 0.756. The molecule has 3 N–H and O–H groups in total. The van der Waals surface area contributed by atoms with Crippen LogP contribution in [0.1, 0.15) is 65.7 Å². The summed E-state index contributed by atoms with van der Waals surface area (Å²) in [7, 11) is 0. The number of rotatable bonds is 7. The number of carbonyl (C=O) groups is 3. The molecule has 6 heteroatoms. The lowest BCUT2D eigenvalue weighted by Crippen LogP contribution is -1.91. The Morgan fingerprint density at radius 3 is 1.00 bits per heavy atom. The molecule has 114 valence electrons. The van der Waals surface area contributed by atoms with Gasteiger partial charge < -0.3 is 15.3 Å². The minimum Gasteiger partial charge on any atom is -0.481 e. The highest BCUT2D eigenvalue weighted by Crippen LogP contribution is 1.91. The van der Waals surface area contributed by atoms with E-state index in [1.807, 2.05) is 20.8 Å². The third-order valence-electron chi connectivity index (χ3n) is 1.67. The van der Waals surface area contributed by atoms with Crippen LogP contribution in [0.5, 0.6) is 0 Å². The summed E-state index contributed by atoms with van der Waals surface area (Å²) in [5, 5.41) is 23.9. The largest absolute Gasteiger partial charge is 0.481 e. The topological polar surface area (TPSA) is 112 Å². The summed E-state index contributed by atoms with van der Waals surface area (Å²) < 4.78 is 0. The first-order chi connectivity index (χ1) is 8.81. The first-order valence-electron chi connectivity index (χ1n) is 6.47. The van der Waals surface area contributed by atoms with Gasteiger partial charge in [-0.15, -0.1) is 0 Å². The first kappa shape index (κ1) is 22.6. The molecule has 0 aromatic carbocycles. The molecule has 0 saturated carbocycles. The minimum atomic E-state index is -0.711. The van der Waals surface area contributed by atoms with E-state index < -0.39 is 17.9 Å². The summed E-state index contributed by atoms with van der Waals surface area (Å²) in [6, 6.07) is 0. The van der Waals surface area contributed by atoms with E-state index in [9.17, 15) is 14.4 Å². The molecule has 0 heterocycles. The molecule has 0 unspecified atom stereocenters. The zero-order valence-electron chi connectivity index (χ0n) is 12.0. The summed E-state index contributed by atoms with van der Waals surface area (Å²) in [5.41, 5.74) is 0. The highest BCUT2D eigenvalue weighted by Gasteiger charge is 1.91. The maximum absolute atomic E-state index is 9.76.